The second-order valence-electron chi connectivity index (χ2n) is 8.38. The molecule has 2 amide bonds. The number of halogens is 3. The summed E-state index contributed by atoms with van der Waals surface area (Å²) < 4.78 is 55.9. The molecule has 7 nitrogen and oxygen atoms in total. The second-order valence-corrected chi connectivity index (χ2v) is 11.2. The van der Waals surface area contributed by atoms with Crippen molar-refractivity contribution in [1.29, 1.82) is 0 Å². The lowest BCUT2D eigenvalue weighted by molar-refractivity contribution is -0.121. The number of fused-ring (bicyclic) bond motifs is 1. The maximum absolute atomic E-state index is 13.7. The Morgan fingerprint density at radius 2 is 1.91 bits per heavy atom. The van der Waals surface area contributed by atoms with Crippen LogP contribution in [0, 0.1) is 17.6 Å². The van der Waals surface area contributed by atoms with E-state index in [0.717, 1.165) is 17.7 Å². The van der Waals surface area contributed by atoms with Crippen molar-refractivity contribution in [3.05, 3.63) is 52.0 Å². The number of hydrogen-bond donors (Lipinski definition) is 1. The molecule has 4 rings (SSSR count). The Bertz CT molecular complexity index is 1260. The fourth-order valence-corrected chi connectivity index (χ4v) is 6.88. The quantitative estimate of drug-likeness (QED) is 0.602. The monoisotopic (exact) mass is 555 g/mol. The van der Waals surface area contributed by atoms with Crippen LogP contribution in [0.5, 0.6) is 0 Å². The summed E-state index contributed by atoms with van der Waals surface area (Å²) in [6, 6.07) is 6.37. The van der Waals surface area contributed by atoms with E-state index >= 15 is 0 Å². The molecular weight excluding hydrogens is 532 g/mol. The minimum Gasteiger partial charge on any atom is -0.326 e. The normalized spacial score (nSPS) is 18.6. The summed E-state index contributed by atoms with van der Waals surface area (Å²) in [5.41, 5.74) is 1.28. The van der Waals surface area contributed by atoms with Crippen molar-refractivity contribution in [2.75, 3.05) is 29.9 Å². The zero-order chi connectivity index (χ0) is 24.6. The third-order valence-electron chi connectivity index (χ3n) is 6.16. The number of carbonyl (C=O) groups excluding carboxylic acids is 2. The largest absolute Gasteiger partial charge is 0.326 e. The first kappa shape index (κ1) is 24.7. The van der Waals surface area contributed by atoms with Crippen molar-refractivity contribution in [2.45, 2.75) is 37.5 Å². The lowest BCUT2D eigenvalue weighted by atomic mass is 9.98. The molecule has 2 aromatic rings. The Balaban J connectivity index is 1.59. The number of carbonyl (C=O) groups is 2. The highest BCUT2D eigenvalue weighted by atomic mass is 79.9. The Morgan fingerprint density at radius 3 is 2.62 bits per heavy atom. The predicted molar refractivity (Wildman–Crippen MR) is 127 cm³/mol. The first-order valence-electron chi connectivity index (χ1n) is 11.0. The number of benzene rings is 2. The van der Waals surface area contributed by atoms with Crippen LogP contribution >= 0.6 is 15.9 Å². The molecule has 0 spiro atoms. The second kappa shape index (κ2) is 9.71. The molecular formula is C23H24BrF2N3O4S. The van der Waals surface area contributed by atoms with Gasteiger partial charge in [0.25, 0.3) is 0 Å². The first-order chi connectivity index (χ1) is 16.1. The summed E-state index contributed by atoms with van der Waals surface area (Å²) >= 11 is 3.38. The van der Waals surface area contributed by atoms with Gasteiger partial charge in [0.2, 0.25) is 21.8 Å². The molecule has 1 saturated heterocycles. The Kier molecular flexibility index (Phi) is 7.07. The zero-order valence-electron chi connectivity index (χ0n) is 18.5. The average molecular weight is 556 g/mol. The van der Waals surface area contributed by atoms with E-state index in [1.807, 2.05) is 6.07 Å². The molecule has 1 N–H and O–H groups in total. The van der Waals surface area contributed by atoms with Crippen LogP contribution < -0.4 is 10.2 Å². The number of piperidine rings is 1. The van der Waals surface area contributed by atoms with Crippen molar-refractivity contribution in [3.8, 4) is 0 Å². The summed E-state index contributed by atoms with van der Waals surface area (Å²) in [4.78, 5) is 26.8. The van der Waals surface area contributed by atoms with Crippen LogP contribution in [0.2, 0.25) is 0 Å². The molecule has 2 aliphatic heterocycles. The third-order valence-corrected chi connectivity index (χ3v) is 8.49. The number of nitrogens with one attached hydrogen (secondary N) is 1. The van der Waals surface area contributed by atoms with Gasteiger partial charge in [0, 0.05) is 42.3 Å². The number of anilines is 2. The molecule has 0 radical (unpaired) electrons. The number of rotatable bonds is 5. The van der Waals surface area contributed by atoms with Crippen molar-refractivity contribution in [2.24, 2.45) is 5.92 Å². The van der Waals surface area contributed by atoms with Gasteiger partial charge in [-0.15, -0.1) is 0 Å². The van der Waals surface area contributed by atoms with Gasteiger partial charge in [-0.1, -0.05) is 22.9 Å². The van der Waals surface area contributed by atoms with Crippen LogP contribution in [0.4, 0.5) is 20.2 Å². The molecule has 2 aliphatic rings. The highest BCUT2D eigenvalue weighted by molar-refractivity contribution is 9.10. The van der Waals surface area contributed by atoms with Gasteiger partial charge < -0.3 is 10.2 Å². The van der Waals surface area contributed by atoms with Crippen molar-refractivity contribution in [1.82, 2.24) is 4.31 Å². The smallest absolute Gasteiger partial charge is 0.245 e. The molecule has 0 aliphatic carbocycles. The predicted octanol–water partition coefficient (Wildman–Crippen LogP) is 4.07. The molecule has 182 valence electrons. The van der Waals surface area contributed by atoms with E-state index in [2.05, 4.69) is 21.2 Å². The van der Waals surface area contributed by atoms with Crippen LogP contribution in [0.1, 0.15) is 31.7 Å². The fraction of sp³-hybridized carbons (Fsp3) is 0.391. The van der Waals surface area contributed by atoms with E-state index in [4.69, 9.17) is 0 Å². The van der Waals surface area contributed by atoms with E-state index in [1.54, 1.807) is 6.92 Å². The van der Waals surface area contributed by atoms with E-state index < -0.39 is 33.5 Å². The van der Waals surface area contributed by atoms with Crippen LogP contribution in [-0.4, -0.2) is 44.2 Å². The molecule has 2 aromatic carbocycles. The third kappa shape index (κ3) is 4.73. The highest BCUT2D eigenvalue weighted by Gasteiger charge is 2.38. The molecule has 11 heteroatoms. The van der Waals surface area contributed by atoms with E-state index in [-0.39, 0.29) is 36.0 Å². The molecule has 1 atom stereocenters. The van der Waals surface area contributed by atoms with Crippen molar-refractivity contribution in [3.63, 3.8) is 0 Å². The van der Waals surface area contributed by atoms with Crippen molar-refractivity contribution < 1.29 is 26.8 Å². The Morgan fingerprint density at radius 1 is 1.15 bits per heavy atom. The summed E-state index contributed by atoms with van der Waals surface area (Å²) in [5.74, 6) is -3.39. The fourth-order valence-electron chi connectivity index (χ4n) is 4.44. The van der Waals surface area contributed by atoms with Crippen LogP contribution in [-0.2, 0) is 26.0 Å². The minimum atomic E-state index is -4.02. The molecule has 1 fully saturated rings. The van der Waals surface area contributed by atoms with Gasteiger partial charge in [-0.3, -0.25) is 9.59 Å². The van der Waals surface area contributed by atoms with Gasteiger partial charge in [0.05, 0.1) is 11.6 Å². The standard InChI is InChI=1S/C23H24BrF2N3O4S/c1-2-21(30)29-9-7-14-10-16(24)11-20(22(14)29)34(32,33)28-8-3-4-15(13-28)23(31)27-17-5-6-18(25)19(26)12-17/h5-6,10-12,15H,2-4,7-9,13H2,1H3,(H,27,31)/t15-/m1/s1. The summed E-state index contributed by atoms with van der Waals surface area (Å²) in [6.07, 6.45) is 1.73. The number of amides is 2. The summed E-state index contributed by atoms with van der Waals surface area (Å²) in [7, 11) is -4.02. The number of nitrogens with zero attached hydrogens (tertiary/aromatic N) is 2. The number of sulfonamides is 1. The van der Waals surface area contributed by atoms with Gasteiger partial charge in [0.15, 0.2) is 11.6 Å². The van der Waals surface area contributed by atoms with E-state index in [9.17, 15) is 26.8 Å². The summed E-state index contributed by atoms with van der Waals surface area (Å²) in [5, 5.41) is 2.54. The Hall–Kier alpha value is -2.37. The SMILES string of the molecule is CCC(=O)N1CCc2cc(Br)cc(S(=O)(=O)N3CCC[C@@H](C(=O)Nc4ccc(F)c(F)c4)C3)c21. The highest BCUT2D eigenvalue weighted by Crippen LogP contribution is 2.40. The van der Waals surface area contributed by atoms with Crippen LogP contribution in [0.15, 0.2) is 39.7 Å². The number of hydrogen-bond acceptors (Lipinski definition) is 4. The summed E-state index contributed by atoms with van der Waals surface area (Å²) in [6.45, 7) is 2.33. The topological polar surface area (TPSA) is 86.8 Å². The minimum absolute atomic E-state index is 0.0397. The lowest BCUT2D eigenvalue weighted by Crippen LogP contribution is -2.44. The van der Waals surface area contributed by atoms with Gasteiger partial charge in [-0.25, -0.2) is 17.2 Å². The maximum atomic E-state index is 13.7. The molecule has 2 heterocycles. The molecule has 0 unspecified atom stereocenters. The molecule has 0 saturated carbocycles. The van der Waals surface area contributed by atoms with Gasteiger partial charge in [-0.2, -0.15) is 4.31 Å². The molecule has 0 bridgehead atoms. The average Bonchev–Trinajstić information content (AvgIpc) is 3.24. The lowest BCUT2D eigenvalue weighted by Gasteiger charge is -2.32. The maximum Gasteiger partial charge on any atom is 0.245 e. The van der Waals surface area contributed by atoms with Gasteiger partial charge in [0.1, 0.15) is 4.90 Å². The molecule has 34 heavy (non-hydrogen) atoms. The Labute approximate surface area is 205 Å². The van der Waals surface area contributed by atoms with Gasteiger partial charge in [-0.05, 0) is 49.1 Å². The zero-order valence-corrected chi connectivity index (χ0v) is 20.9. The van der Waals surface area contributed by atoms with Crippen molar-refractivity contribution >= 4 is 49.1 Å². The van der Waals surface area contributed by atoms with Gasteiger partial charge >= 0.3 is 0 Å². The van der Waals surface area contributed by atoms with Crippen LogP contribution in [0.3, 0.4) is 0 Å². The first-order valence-corrected chi connectivity index (χ1v) is 13.2. The van der Waals surface area contributed by atoms with Crippen LogP contribution in [0.25, 0.3) is 0 Å². The molecule has 0 aromatic heterocycles. The van der Waals surface area contributed by atoms with E-state index in [1.165, 1.54) is 21.3 Å². The van der Waals surface area contributed by atoms with E-state index in [0.29, 0.717) is 36.0 Å².